The summed E-state index contributed by atoms with van der Waals surface area (Å²) in [6.07, 6.45) is 1.55. The van der Waals surface area contributed by atoms with Crippen LogP contribution in [0.4, 0.5) is 0 Å². The predicted molar refractivity (Wildman–Crippen MR) is 61.2 cm³/mol. The van der Waals surface area contributed by atoms with Crippen molar-refractivity contribution in [1.29, 1.82) is 0 Å². The molecule has 0 aromatic heterocycles. The van der Waals surface area contributed by atoms with Gasteiger partial charge in [0.15, 0.2) is 0 Å². The maximum Gasteiger partial charge on any atom is 0.264 e. The summed E-state index contributed by atoms with van der Waals surface area (Å²) in [5.41, 5.74) is 0. The monoisotopic (exact) mass is 203 g/mol. The van der Waals surface area contributed by atoms with Gasteiger partial charge in [-0.3, -0.25) is 0 Å². The largest absolute Gasteiger partial charge is 0.401 e. The first-order chi connectivity index (χ1) is 5.75. The fourth-order valence-corrected chi connectivity index (χ4v) is 2.60. The van der Waals surface area contributed by atoms with E-state index in [0.717, 1.165) is 12.3 Å². The second kappa shape index (κ2) is 5.13. The highest BCUT2D eigenvalue weighted by molar-refractivity contribution is 6.68. The molecule has 0 aliphatic heterocycles. The molecule has 0 saturated carbocycles. The molecule has 0 aromatic carbocycles. The van der Waals surface area contributed by atoms with Crippen LogP contribution < -0.4 is 0 Å². The van der Waals surface area contributed by atoms with E-state index in [1.54, 1.807) is 0 Å². The quantitative estimate of drug-likeness (QED) is 0.637. The molecule has 80 valence electrons. The van der Waals surface area contributed by atoms with E-state index in [1.807, 2.05) is 0 Å². The molecule has 0 aromatic rings. The lowest BCUT2D eigenvalue weighted by Gasteiger charge is -2.33. The molecule has 13 heavy (non-hydrogen) atoms. The van der Waals surface area contributed by atoms with Crippen molar-refractivity contribution >= 4 is 8.48 Å². The van der Waals surface area contributed by atoms with E-state index in [2.05, 4.69) is 52.5 Å². The van der Waals surface area contributed by atoms with E-state index in [4.69, 9.17) is 4.43 Å². The van der Waals surface area contributed by atoms with Crippen molar-refractivity contribution in [1.82, 2.24) is 4.57 Å². The Bertz CT molecular complexity index is 146. The van der Waals surface area contributed by atoms with Crippen LogP contribution in [0.15, 0.2) is 0 Å². The summed E-state index contributed by atoms with van der Waals surface area (Å²) in [7, 11) is 2.63. The zero-order valence-corrected chi connectivity index (χ0v) is 11.2. The maximum atomic E-state index is 6.07. The van der Waals surface area contributed by atoms with Crippen LogP contribution in [0.2, 0.25) is 13.1 Å². The van der Waals surface area contributed by atoms with Crippen molar-refractivity contribution in [2.75, 3.05) is 14.1 Å². The molecular formula is C10H25NOSi. The van der Waals surface area contributed by atoms with Crippen molar-refractivity contribution in [2.24, 2.45) is 5.92 Å². The van der Waals surface area contributed by atoms with Gasteiger partial charge < -0.3 is 8.99 Å². The van der Waals surface area contributed by atoms with Crippen LogP contribution in [0.1, 0.15) is 27.2 Å². The first-order valence-electron chi connectivity index (χ1n) is 5.11. The molecule has 0 bridgehead atoms. The van der Waals surface area contributed by atoms with Gasteiger partial charge in [0, 0.05) is 6.10 Å². The van der Waals surface area contributed by atoms with Crippen LogP contribution in [-0.2, 0) is 4.43 Å². The number of rotatable bonds is 5. The Morgan fingerprint density at radius 3 is 1.92 bits per heavy atom. The molecule has 2 nitrogen and oxygen atoms in total. The lowest BCUT2D eigenvalue weighted by atomic mass is 10.1. The SMILES string of the molecule is CC(C)CC(C)O[Si](C)(C)N(C)C. The van der Waals surface area contributed by atoms with Gasteiger partial charge in [-0.2, -0.15) is 0 Å². The first-order valence-corrected chi connectivity index (χ1v) is 7.96. The Balaban J connectivity index is 3.96. The number of hydrogen-bond donors (Lipinski definition) is 0. The van der Waals surface area contributed by atoms with Gasteiger partial charge in [0.2, 0.25) is 0 Å². The molecule has 0 aliphatic rings. The Morgan fingerprint density at radius 2 is 1.62 bits per heavy atom. The second-order valence-electron chi connectivity index (χ2n) is 4.90. The molecule has 0 saturated heterocycles. The summed E-state index contributed by atoms with van der Waals surface area (Å²) >= 11 is 0. The molecule has 0 rings (SSSR count). The molecule has 1 atom stereocenters. The van der Waals surface area contributed by atoms with Crippen LogP contribution in [0.25, 0.3) is 0 Å². The second-order valence-corrected chi connectivity index (χ2v) is 8.92. The van der Waals surface area contributed by atoms with Gasteiger partial charge in [-0.25, -0.2) is 0 Å². The van der Waals surface area contributed by atoms with Crippen molar-refractivity contribution < 1.29 is 4.43 Å². The summed E-state index contributed by atoms with van der Waals surface area (Å²) in [5.74, 6) is 0.724. The van der Waals surface area contributed by atoms with Crippen molar-refractivity contribution in [3.05, 3.63) is 0 Å². The molecule has 1 unspecified atom stereocenters. The van der Waals surface area contributed by atoms with Crippen molar-refractivity contribution in [2.45, 2.75) is 46.4 Å². The van der Waals surface area contributed by atoms with E-state index >= 15 is 0 Å². The van der Waals surface area contributed by atoms with Gasteiger partial charge in [-0.1, -0.05) is 13.8 Å². The fourth-order valence-electron chi connectivity index (χ4n) is 1.31. The molecule has 0 fully saturated rings. The molecule has 0 spiro atoms. The van der Waals surface area contributed by atoms with Gasteiger partial charge in [-0.15, -0.1) is 0 Å². The van der Waals surface area contributed by atoms with Crippen LogP contribution in [0, 0.1) is 5.92 Å². The fraction of sp³-hybridized carbons (Fsp3) is 1.00. The van der Waals surface area contributed by atoms with Crippen LogP contribution >= 0.6 is 0 Å². The molecule has 0 N–H and O–H groups in total. The van der Waals surface area contributed by atoms with E-state index in [1.165, 1.54) is 0 Å². The van der Waals surface area contributed by atoms with Crippen LogP contribution in [-0.4, -0.2) is 33.2 Å². The highest BCUT2D eigenvalue weighted by atomic mass is 28.4. The van der Waals surface area contributed by atoms with Gasteiger partial charge >= 0.3 is 0 Å². The smallest absolute Gasteiger partial charge is 0.264 e. The third-order valence-electron chi connectivity index (χ3n) is 2.37. The van der Waals surface area contributed by atoms with Crippen molar-refractivity contribution in [3.8, 4) is 0 Å². The van der Waals surface area contributed by atoms with E-state index < -0.39 is 8.48 Å². The molecule has 0 radical (unpaired) electrons. The zero-order chi connectivity index (χ0) is 10.6. The first kappa shape index (κ1) is 13.1. The molecule has 0 aliphatic carbocycles. The lowest BCUT2D eigenvalue weighted by Crippen LogP contribution is -2.48. The lowest BCUT2D eigenvalue weighted by molar-refractivity contribution is 0.163. The minimum Gasteiger partial charge on any atom is -0.401 e. The summed E-state index contributed by atoms with van der Waals surface area (Å²) in [5, 5.41) is 0. The Kier molecular flexibility index (Phi) is 5.18. The van der Waals surface area contributed by atoms with Gasteiger partial charge in [0.05, 0.1) is 0 Å². The van der Waals surface area contributed by atoms with E-state index in [9.17, 15) is 0 Å². The molecule has 0 heterocycles. The van der Waals surface area contributed by atoms with Crippen molar-refractivity contribution in [3.63, 3.8) is 0 Å². The van der Waals surface area contributed by atoms with Gasteiger partial charge in [0.25, 0.3) is 8.48 Å². The summed E-state index contributed by atoms with van der Waals surface area (Å²) in [6, 6.07) is 0. The average molecular weight is 203 g/mol. The summed E-state index contributed by atoms with van der Waals surface area (Å²) < 4.78 is 8.31. The maximum absolute atomic E-state index is 6.07. The summed E-state index contributed by atoms with van der Waals surface area (Å²) in [6.45, 7) is 11.1. The highest BCUT2D eigenvalue weighted by Crippen LogP contribution is 2.15. The third kappa shape index (κ3) is 5.44. The molecule has 3 heteroatoms. The van der Waals surface area contributed by atoms with E-state index in [0.29, 0.717) is 6.10 Å². The summed E-state index contributed by atoms with van der Waals surface area (Å²) in [4.78, 5) is 0. The molecular weight excluding hydrogens is 178 g/mol. The Morgan fingerprint density at radius 1 is 1.15 bits per heavy atom. The predicted octanol–water partition coefficient (Wildman–Crippen LogP) is 2.70. The zero-order valence-electron chi connectivity index (χ0n) is 10.2. The topological polar surface area (TPSA) is 12.5 Å². The number of hydrogen-bond acceptors (Lipinski definition) is 2. The minimum atomic E-state index is -1.58. The Hall–Kier alpha value is 0.137. The van der Waals surface area contributed by atoms with E-state index in [-0.39, 0.29) is 0 Å². The van der Waals surface area contributed by atoms with Gasteiger partial charge in [-0.05, 0) is 46.5 Å². The average Bonchev–Trinajstić information content (AvgIpc) is 1.82. The Labute approximate surface area is 84.5 Å². The third-order valence-corrected chi connectivity index (χ3v) is 5.50. The number of nitrogens with zero attached hydrogens (tertiary/aromatic N) is 1. The normalized spacial score (nSPS) is 15.5. The molecule has 0 amide bonds. The highest BCUT2D eigenvalue weighted by Gasteiger charge is 2.28. The standard InChI is InChI=1S/C10H25NOSi/c1-9(2)8-10(3)12-13(6,7)11(4)5/h9-10H,8H2,1-7H3. The minimum absolute atomic E-state index is 0.393. The van der Waals surface area contributed by atoms with Gasteiger partial charge in [0.1, 0.15) is 0 Å². The van der Waals surface area contributed by atoms with Crippen LogP contribution in [0.5, 0.6) is 0 Å². The van der Waals surface area contributed by atoms with Crippen LogP contribution in [0.3, 0.4) is 0 Å².